The first kappa shape index (κ1) is 15.7. The molecule has 108 valence electrons. The number of carbonyl (C=O) groups is 2. The van der Waals surface area contributed by atoms with Gasteiger partial charge >= 0.3 is 5.97 Å². The molecule has 1 amide bonds. The maximum Gasteiger partial charge on any atom is 0.328 e. The molecule has 6 nitrogen and oxygen atoms in total. The lowest BCUT2D eigenvalue weighted by Gasteiger charge is -2.11. The first-order valence-electron chi connectivity index (χ1n) is 6.07. The fraction of sp³-hybridized carbons (Fsp3) is 0.286. The molecule has 0 fully saturated rings. The van der Waals surface area contributed by atoms with Gasteiger partial charge in [0.1, 0.15) is 12.4 Å². The summed E-state index contributed by atoms with van der Waals surface area (Å²) in [6.45, 7) is 1.33. The van der Waals surface area contributed by atoms with Crippen LogP contribution in [-0.2, 0) is 9.59 Å². The van der Waals surface area contributed by atoms with Crippen LogP contribution in [0.2, 0.25) is 0 Å². The van der Waals surface area contributed by atoms with Gasteiger partial charge in [-0.2, -0.15) is 0 Å². The van der Waals surface area contributed by atoms with E-state index in [-0.39, 0.29) is 0 Å². The molecule has 0 bridgehead atoms. The number of hydrogen-bond donors (Lipinski definition) is 2. The molecular weight excluding hydrogens is 260 g/mol. The van der Waals surface area contributed by atoms with Gasteiger partial charge in [0, 0.05) is 30.5 Å². The van der Waals surface area contributed by atoms with Crippen molar-refractivity contribution in [2.45, 2.75) is 0 Å². The van der Waals surface area contributed by atoms with Gasteiger partial charge in [0.25, 0.3) is 0 Å². The van der Waals surface area contributed by atoms with Crippen molar-refractivity contribution in [3.63, 3.8) is 0 Å². The average Bonchev–Trinajstić information content (AvgIpc) is 2.36. The molecule has 0 unspecified atom stereocenters. The zero-order chi connectivity index (χ0) is 15.0. The Bertz CT molecular complexity index is 498. The fourth-order valence-corrected chi connectivity index (χ4v) is 1.34. The Morgan fingerprint density at radius 3 is 2.75 bits per heavy atom. The van der Waals surface area contributed by atoms with E-state index in [4.69, 9.17) is 9.84 Å². The summed E-state index contributed by atoms with van der Waals surface area (Å²) in [5.74, 6) is -1.02. The van der Waals surface area contributed by atoms with Crippen LogP contribution in [-0.4, -0.2) is 49.1 Å². The van der Waals surface area contributed by atoms with Crippen LogP contribution in [0, 0.1) is 0 Å². The highest BCUT2D eigenvalue weighted by Gasteiger charge is 2.01. The highest BCUT2D eigenvalue weighted by molar-refractivity contribution is 6.02. The molecule has 0 aliphatic carbocycles. The summed E-state index contributed by atoms with van der Waals surface area (Å²) in [5, 5.41) is 11.0. The van der Waals surface area contributed by atoms with E-state index in [0.29, 0.717) is 18.0 Å². The van der Waals surface area contributed by atoms with Gasteiger partial charge in [-0.3, -0.25) is 4.79 Å². The van der Waals surface area contributed by atoms with Crippen molar-refractivity contribution in [3.05, 3.63) is 36.4 Å². The Morgan fingerprint density at radius 1 is 1.35 bits per heavy atom. The highest BCUT2D eigenvalue weighted by Crippen LogP contribution is 2.17. The molecule has 0 saturated heterocycles. The molecule has 0 radical (unpaired) electrons. The summed E-state index contributed by atoms with van der Waals surface area (Å²) in [4.78, 5) is 23.7. The van der Waals surface area contributed by atoms with E-state index in [1.54, 1.807) is 24.3 Å². The monoisotopic (exact) mass is 278 g/mol. The lowest BCUT2D eigenvalue weighted by atomic mass is 10.3. The van der Waals surface area contributed by atoms with E-state index in [1.165, 1.54) is 0 Å². The SMILES string of the molecule is CN(C)CCOc1cccc(NC(=O)/C=C/C(=O)O)c1. The zero-order valence-corrected chi connectivity index (χ0v) is 11.5. The number of rotatable bonds is 7. The largest absolute Gasteiger partial charge is 0.492 e. The molecule has 1 rings (SSSR count). The Labute approximate surface area is 117 Å². The van der Waals surface area contributed by atoms with Crippen LogP contribution in [0.3, 0.4) is 0 Å². The van der Waals surface area contributed by atoms with Crippen LogP contribution in [0.5, 0.6) is 5.75 Å². The Kier molecular flexibility index (Phi) is 6.25. The summed E-state index contributed by atoms with van der Waals surface area (Å²) >= 11 is 0. The van der Waals surface area contributed by atoms with Gasteiger partial charge in [-0.25, -0.2) is 4.79 Å². The summed E-state index contributed by atoms with van der Waals surface area (Å²) in [6.07, 6.45) is 1.74. The molecule has 0 saturated carbocycles. The fourth-order valence-electron chi connectivity index (χ4n) is 1.34. The number of ether oxygens (including phenoxy) is 1. The molecule has 2 N–H and O–H groups in total. The van der Waals surface area contributed by atoms with Crippen molar-refractivity contribution < 1.29 is 19.4 Å². The molecule has 0 aliphatic rings. The minimum atomic E-state index is -1.17. The van der Waals surface area contributed by atoms with Crippen molar-refractivity contribution in [2.75, 3.05) is 32.6 Å². The van der Waals surface area contributed by atoms with Gasteiger partial charge in [0.2, 0.25) is 5.91 Å². The maximum atomic E-state index is 11.4. The second kappa shape index (κ2) is 7.96. The lowest BCUT2D eigenvalue weighted by Crippen LogP contribution is -2.19. The topological polar surface area (TPSA) is 78.9 Å². The first-order chi connectivity index (χ1) is 9.47. The van der Waals surface area contributed by atoms with Gasteiger partial charge in [0.05, 0.1) is 0 Å². The van der Waals surface area contributed by atoms with E-state index in [2.05, 4.69) is 5.32 Å². The molecule has 0 spiro atoms. The van der Waals surface area contributed by atoms with Gasteiger partial charge in [-0.05, 0) is 26.2 Å². The summed E-state index contributed by atoms with van der Waals surface area (Å²) < 4.78 is 5.53. The number of hydrogen-bond acceptors (Lipinski definition) is 4. The number of nitrogens with zero attached hydrogens (tertiary/aromatic N) is 1. The number of amides is 1. The van der Waals surface area contributed by atoms with Crippen molar-refractivity contribution in [1.82, 2.24) is 4.90 Å². The molecule has 0 aromatic heterocycles. The van der Waals surface area contributed by atoms with E-state index in [9.17, 15) is 9.59 Å². The number of carboxylic acids is 1. The van der Waals surface area contributed by atoms with Crippen LogP contribution in [0.15, 0.2) is 36.4 Å². The van der Waals surface area contributed by atoms with Gasteiger partial charge in [0.15, 0.2) is 0 Å². The summed E-state index contributed by atoms with van der Waals surface area (Å²) in [7, 11) is 3.91. The van der Waals surface area contributed by atoms with Crippen LogP contribution >= 0.6 is 0 Å². The standard InChI is InChI=1S/C14H18N2O4/c1-16(2)8-9-20-12-5-3-4-11(10-12)15-13(17)6-7-14(18)19/h3-7,10H,8-9H2,1-2H3,(H,15,17)(H,18,19)/b7-6+. The number of carboxylic acid groups (broad SMARTS) is 1. The van der Waals surface area contributed by atoms with E-state index in [1.807, 2.05) is 19.0 Å². The third kappa shape index (κ3) is 6.55. The predicted octanol–water partition coefficient (Wildman–Crippen LogP) is 1.21. The smallest absolute Gasteiger partial charge is 0.328 e. The van der Waals surface area contributed by atoms with Crippen LogP contribution < -0.4 is 10.1 Å². The summed E-state index contributed by atoms with van der Waals surface area (Å²) in [6, 6.07) is 6.92. The minimum absolute atomic E-state index is 0.502. The highest BCUT2D eigenvalue weighted by atomic mass is 16.5. The molecule has 0 heterocycles. The second-order valence-electron chi connectivity index (χ2n) is 4.34. The van der Waals surface area contributed by atoms with Crippen LogP contribution in [0.1, 0.15) is 0 Å². The van der Waals surface area contributed by atoms with Gasteiger partial charge in [-0.15, -0.1) is 0 Å². The van der Waals surface area contributed by atoms with E-state index in [0.717, 1.165) is 18.7 Å². The van der Waals surface area contributed by atoms with Crippen molar-refractivity contribution >= 4 is 17.6 Å². The van der Waals surface area contributed by atoms with E-state index >= 15 is 0 Å². The quantitative estimate of drug-likeness (QED) is 0.733. The summed E-state index contributed by atoms with van der Waals surface area (Å²) in [5.41, 5.74) is 0.549. The number of aliphatic carboxylic acids is 1. The average molecular weight is 278 g/mol. The third-order valence-corrected chi connectivity index (χ3v) is 2.29. The van der Waals surface area contributed by atoms with Crippen LogP contribution in [0.4, 0.5) is 5.69 Å². The molecule has 0 aliphatic heterocycles. The number of benzene rings is 1. The van der Waals surface area contributed by atoms with Crippen molar-refractivity contribution in [1.29, 1.82) is 0 Å². The predicted molar refractivity (Wildman–Crippen MR) is 75.9 cm³/mol. The van der Waals surface area contributed by atoms with Crippen molar-refractivity contribution in [2.24, 2.45) is 0 Å². The van der Waals surface area contributed by atoms with E-state index < -0.39 is 11.9 Å². The molecule has 0 atom stereocenters. The molecule has 1 aromatic rings. The number of anilines is 1. The first-order valence-corrected chi connectivity index (χ1v) is 6.07. The number of nitrogens with one attached hydrogen (secondary N) is 1. The maximum absolute atomic E-state index is 11.4. The minimum Gasteiger partial charge on any atom is -0.492 e. The molecular formula is C14H18N2O4. The lowest BCUT2D eigenvalue weighted by molar-refractivity contribution is -0.131. The molecule has 6 heteroatoms. The Balaban J connectivity index is 2.55. The Morgan fingerprint density at radius 2 is 2.10 bits per heavy atom. The van der Waals surface area contributed by atoms with Gasteiger partial charge in [-0.1, -0.05) is 6.07 Å². The van der Waals surface area contributed by atoms with Crippen molar-refractivity contribution in [3.8, 4) is 5.75 Å². The zero-order valence-electron chi connectivity index (χ0n) is 11.5. The number of carbonyl (C=O) groups excluding carboxylic acids is 1. The van der Waals surface area contributed by atoms with Crippen LogP contribution in [0.25, 0.3) is 0 Å². The molecule has 1 aromatic carbocycles. The molecule has 20 heavy (non-hydrogen) atoms. The van der Waals surface area contributed by atoms with Gasteiger partial charge < -0.3 is 20.1 Å². The number of likely N-dealkylation sites (N-methyl/N-ethyl adjacent to an activating group) is 1. The Hall–Kier alpha value is -2.34. The normalized spacial score (nSPS) is 10.8. The second-order valence-corrected chi connectivity index (χ2v) is 4.34. The third-order valence-electron chi connectivity index (χ3n) is 2.29.